The maximum absolute atomic E-state index is 12.5. The van der Waals surface area contributed by atoms with Crippen LogP contribution in [0.3, 0.4) is 0 Å². The van der Waals surface area contributed by atoms with Gasteiger partial charge in [0.1, 0.15) is 12.4 Å². The second-order valence-electron chi connectivity index (χ2n) is 6.86. The first-order valence-corrected chi connectivity index (χ1v) is 9.43. The summed E-state index contributed by atoms with van der Waals surface area (Å²) in [7, 11) is 1.95. The smallest absolute Gasteiger partial charge is 0.238 e. The molecule has 0 aliphatic rings. The van der Waals surface area contributed by atoms with Crippen LogP contribution in [0.25, 0.3) is 0 Å². The van der Waals surface area contributed by atoms with Gasteiger partial charge in [-0.25, -0.2) is 0 Å². The molecule has 4 heteroatoms. The lowest BCUT2D eigenvalue weighted by Gasteiger charge is -2.19. The summed E-state index contributed by atoms with van der Waals surface area (Å²) in [5.41, 5.74) is 3.23. The van der Waals surface area contributed by atoms with Crippen LogP contribution >= 0.6 is 0 Å². The van der Waals surface area contributed by atoms with Crippen molar-refractivity contribution in [1.82, 2.24) is 4.90 Å². The quantitative estimate of drug-likeness (QED) is 0.612. The number of amides is 1. The summed E-state index contributed by atoms with van der Waals surface area (Å²) < 4.78 is 5.49. The SMILES string of the molecule is C=CCOc1ccc(CN(C)CC(=O)Nc2ccccc2[C@H](C)CC)cc1. The molecule has 0 bridgehead atoms. The number of benzene rings is 2. The highest BCUT2D eigenvalue weighted by Gasteiger charge is 2.12. The summed E-state index contributed by atoms with van der Waals surface area (Å²) in [4.78, 5) is 14.5. The summed E-state index contributed by atoms with van der Waals surface area (Å²) in [5.74, 6) is 1.24. The average molecular weight is 367 g/mol. The summed E-state index contributed by atoms with van der Waals surface area (Å²) in [6.07, 6.45) is 2.76. The summed E-state index contributed by atoms with van der Waals surface area (Å²) in [6.45, 7) is 9.51. The Bertz CT molecular complexity index is 740. The lowest BCUT2D eigenvalue weighted by Crippen LogP contribution is -2.30. The van der Waals surface area contributed by atoms with Gasteiger partial charge in [0, 0.05) is 12.2 Å². The Balaban J connectivity index is 1.89. The van der Waals surface area contributed by atoms with Gasteiger partial charge in [-0.3, -0.25) is 9.69 Å². The number of carbonyl (C=O) groups excluding carboxylic acids is 1. The maximum atomic E-state index is 12.5. The Morgan fingerprint density at radius 1 is 1.22 bits per heavy atom. The largest absolute Gasteiger partial charge is 0.490 e. The van der Waals surface area contributed by atoms with Gasteiger partial charge in [0.25, 0.3) is 0 Å². The van der Waals surface area contributed by atoms with Crippen molar-refractivity contribution < 1.29 is 9.53 Å². The van der Waals surface area contributed by atoms with Crippen LogP contribution in [0.1, 0.15) is 37.3 Å². The molecule has 0 aliphatic carbocycles. The molecule has 0 heterocycles. The first-order chi connectivity index (χ1) is 13.0. The molecule has 2 aromatic rings. The van der Waals surface area contributed by atoms with Gasteiger partial charge < -0.3 is 10.1 Å². The molecular weight excluding hydrogens is 336 g/mol. The highest BCUT2D eigenvalue weighted by Crippen LogP contribution is 2.26. The van der Waals surface area contributed by atoms with Crippen molar-refractivity contribution in [2.75, 3.05) is 25.5 Å². The van der Waals surface area contributed by atoms with E-state index in [1.54, 1.807) is 6.08 Å². The fraction of sp³-hybridized carbons (Fsp3) is 0.348. The lowest BCUT2D eigenvalue weighted by molar-refractivity contribution is -0.117. The predicted octanol–water partition coefficient (Wildman–Crippen LogP) is 4.84. The van der Waals surface area contributed by atoms with Crippen LogP contribution in [0.15, 0.2) is 61.2 Å². The molecule has 0 radical (unpaired) electrons. The van der Waals surface area contributed by atoms with Crippen molar-refractivity contribution in [2.24, 2.45) is 0 Å². The number of rotatable bonds is 10. The van der Waals surface area contributed by atoms with Gasteiger partial charge in [-0.1, -0.05) is 56.8 Å². The zero-order chi connectivity index (χ0) is 19.6. The fourth-order valence-corrected chi connectivity index (χ4v) is 2.91. The number of ether oxygens (including phenoxy) is 1. The normalized spacial score (nSPS) is 11.9. The third-order valence-corrected chi connectivity index (χ3v) is 4.54. The molecule has 0 saturated carbocycles. The second-order valence-corrected chi connectivity index (χ2v) is 6.86. The van der Waals surface area contributed by atoms with E-state index in [4.69, 9.17) is 4.74 Å². The Labute approximate surface area is 162 Å². The number of hydrogen-bond donors (Lipinski definition) is 1. The summed E-state index contributed by atoms with van der Waals surface area (Å²) in [5, 5.41) is 3.06. The van der Waals surface area contributed by atoms with E-state index >= 15 is 0 Å². The third kappa shape index (κ3) is 6.57. The average Bonchev–Trinajstić information content (AvgIpc) is 2.67. The van der Waals surface area contributed by atoms with Crippen molar-refractivity contribution in [3.8, 4) is 5.75 Å². The molecule has 1 amide bonds. The molecule has 4 nitrogen and oxygen atoms in total. The van der Waals surface area contributed by atoms with Gasteiger partial charge in [0.15, 0.2) is 0 Å². The van der Waals surface area contributed by atoms with Gasteiger partial charge in [0.2, 0.25) is 5.91 Å². The van der Waals surface area contributed by atoms with Crippen LogP contribution in [0.2, 0.25) is 0 Å². The number of para-hydroxylation sites is 1. The van der Waals surface area contributed by atoms with Crippen LogP contribution in [-0.2, 0) is 11.3 Å². The van der Waals surface area contributed by atoms with Gasteiger partial charge in [-0.2, -0.15) is 0 Å². The standard InChI is InChI=1S/C23H30N2O2/c1-5-15-27-20-13-11-19(12-14-20)16-25(4)17-23(26)24-22-10-8-7-9-21(22)18(3)6-2/h5,7-14,18H,1,6,15-17H2,2-4H3,(H,24,26)/t18-/m1/s1. The van der Waals surface area contributed by atoms with Gasteiger partial charge in [-0.15, -0.1) is 0 Å². The minimum Gasteiger partial charge on any atom is -0.490 e. The van der Waals surface area contributed by atoms with E-state index in [2.05, 4.69) is 31.8 Å². The Hall–Kier alpha value is -2.59. The predicted molar refractivity (Wildman–Crippen MR) is 112 cm³/mol. The van der Waals surface area contributed by atoms with E-state index in [0.29, 0.717) is 25.6 Å². The summed E-state index contributed by atoms with van der Waals surface area (Å²) in [6, 6.07) is 16.0. The van der Waals surface area contributed by atoms with E-state index in [0.717, 1.165) is 23.4 Å². The number of hydrogen-bond acceptors (Lipinski definition) is 3. The van der Waals surface area contributed by atoms with Crippen LogP contribution in [0.5, 0.6) is 5.75 Å². The van der Waals surface area contributed by atoms with Crippen LogP contribution < -0.4 is 10.1 Å². The van der Waals surface area contributed by atoms with Crippen molar-refractivity contribution in [1.29, 1.82) is 0 Å². The first-order valence-electron chi connectivity index (χ1n) is 9.43. The molecule has 0 aromatic heterocycles. The van der Waals surface area contributed by atoms with Crippen LogP contribution in [0.4, 0.5) is 5.69 Å². The molecular formula is C23H30N2O2. The van der Waals surface area contributed by atoms with Crippen molar-refractivity contribution in [2.45, 2.75) is 32.7 Å². The molecule has 0 spiro atoms. The van der Waals surface area contributed by atoms with Gasteiger partial charge >= 0.3 is 0 Å². The fourth-order valence-electron chi connectivity index (χ4n) is 2.91. The summed E-state index contributed by atoms with van der Waals surface area (Å²) >= 11 is 0. The minimum atomic E-state index is -0.000750. The number of anilines is 1. The highest BCUT2D eigenvalue weighted by atomic mass is 16.5. The Morgan fingerprint density at radius 2 is 1.93 bits per heavy atom. The molecule has 2 aromatic carbocycles. The van der Waals surface area contributed by atoms with E-state index in [-0.39, 0.29) is 5.91 Å². The monoisotopic (exact) mass is 366 g/mol. The van der Waals surface area contributed by atoms with E-state index < -0.39 is 0 Å². The van der Waals surface area contributed by atoms with E-state index in [9.17, 15) is 4.79 Å². The van der Waals surface area contributed by atoms with Crippen LogP contribution in [0, 0.1) is 0 Å². The molecule has 2 rings (SSSR count). The van der Waals surface area contributed by atoms with E-state index in [1.807, 2.05) is 54.4 Å². The minimum absolute atomic E-state index is 0.000750. The molecule has 1 atom stereocenters. The zero-order valence-electron chi connectivity index (χ0n) is 16.6. The molecule has 1 N–H and O–H groups in total. The molecule has 0 aliphatic heterocycles. The topological polar surface area (TPSA) is 41.6 Å². The zero-order valence-corrected chi connectivity index (χ0v) is 16.6. The number of likely N-dealkylation sites (N-methyl/N-ethyl adjacent to an activating group) is 1. The van der Waals surface area contributed by atoms with Crippen LogP contribution in [-0.4, -0.2) is 31.0 Å². The van der Waals surface area contributed by atoms with Crippen molar-refractivity contribution in [3.63, 3.8) is 0 Å². The number of nitrogens with one attached hydrogen (secondary N) is 1. The first kappa shape index (κ1) is 20.7. The molecule has 0 fully saturated rings. The van der Waals surface area contributed by atoms with Gasteiger partial charge in [0.05, 0.1) is 6.54 Å². The van der Waals surface area contributed by atoms with Crippen molar-refractivity contribution in [3.05, 3.63) is 72.3 Å². The van der Waals surface area contributed by atoms with E-state index in [1.165, 1.54) is 5.56 Å². The Morgan fingerprint density at radius 3 is 2.59 bits per heavy atom. The molecule has 0 unspecified atom stereocenters. The van der Waals surface area contributed by atoms with Crippen molar-refractivity contribution >= 4 is 11.6 Å². The second kappa shape index (κ2) is 10.5. The molecule has 144 valence electrons. The highest BCUT2D eigenvalue weighted by molar-refractivity contribution is 5.93. The number of carbonyl (C=O) groups is 1. The Kier molecular flexibility index (Phi) is 8.08. The third-order valence-electron chi connectivity index (χ3n) is 4.54. The molecule has 0 saturated heterocycles. The number of nitrogens with zero attached hydrogens (tertiary/aromatic N) is 1. The molecule has 27 heavy (non-hydrogen) atoms. The lowest BCUT2D eigenvalue weighted by atomic mass is 9.97. The maximum Gasteiger partial charge on any atom is 0.238 e. The van der Waals surface area contributed by atoms with Gasteiger partial charge in [-0.05, 0) is 48.7 Å².